The molecule has 8 heteroatoms. The lowest BCUT2D eigenvalue weighted by Gasteiger charge is -2.33. The molecule has 0 atom stereocenters. The molecule has 0 spiro atoms. The van der Waals surface area contributed by atoms with Gasteiger partial charge >= 0.3 is 0 Å². The van der Waals surface area contributed by atoms with Crippen LogP contribution in [0.15, 0.2) is 12.1 Å². The number of pyridine rings is 1. The third-order valence-corrected chi connectivity index (χ3v) is 7.67. The summed E-state index contributed by atoms with van der Waals surface area (Å²) >= 11 is 0. The second-order valence-electron chi connectivity index (χ2n) is 10.1. The van der Waals surface area contributed by atoms with E-state index in [9.17, 15) is 4.79 Å². The van der Waals surface area contributed by atoms with Gasteiger partial charge in [0.25, 0.3) is 5.91 Å². The van der Waals surface area contributed by atoms with Crippen LogP contribution in [0.4, 0.5) is 5.82 Å². The van der Waals surface area contributed by atoms with E-state index in [0.29, 0.717) is 5.69 Å². The molecule has 1 N–H and O–H groups in total. The standard InChI is InChI=1S/C25H39N7O/c1-29-24-21(8-9-22(27-24)32-14-4-2-3-5-15-32)23(28-29)25(33)26-20-10-16-31(17-11-20)19-18-30-12-6-7-13-30/h8-9,20H,2-7,10-19H2,1H3,(H,26,33). The van der Waals surface area contributed by atoms with Crippen LogP contribution in [0.2, 0.25) is 0 Å². The van der Waals surface area contributed by atoms with Crippen molar-refractivity contribution in [3.63, 3.8) is 0 Å². The first-order chi connectivity index (χ1) is 16.2. The van der Waals surface area contributed by atoms with Crippen molar-refractivity contribution in [1.82, 2.24) is 29.9 Å². The number of nitrogens with zero attached hydrogens (tertiary/aromatic N) is 6. The molecule has 0 saturated carbocycles. The number of aryl methyl sites for hydroxylation is 1. The summed E-state index contributed by atoms with van der Waals surface area (Å²) in [7, 11) is 1.89. The maximum absolute atomic E-state index is 13.1. The quantitative estimate of drug-likeness (QED) is 0.725. The topological polar surface area (TPSA) is 69.5 Å². The summed E-state index contributed by atoms with van der Waals surface area (Å²) < 4.78 is 1.76. The molecule has 0 bridgehead atoms. The first kappa shape index (κ1) is 22.6. The predicted molar refractivity (Wildman–Crippen MR) is 132 cm³/mol. The highest BCUT2D eigenvalue weighted by Crippen LogP contribution is 2.23. The monoisotopic (exact) mass is 453 g/mol. The molecule has 5 rings (SSSR count). The minimum atomic E-state index is -0.0690. The number of likely N-dealkylation sites (tertiary alicyclic amines) is 2. The van der Waals surface area contributed by atoms with E-state index in [4.69, 9.17) is 4.98 Å². The van der Waals surface area contributed by atoms with Gasteiger partial charge in [0.05, 0.1) is 5.39 Å². The zero-order valence-corrected chi connectivity index (χ0v) is 20.1. The number of fused-ring (bicyclic) bond motifs is 1. The van der Waals surface area contributed by atoms with E-state index in [-0.39, 0.29) is 11.9 Å². The van der Waals surface area contributed by atoms with Crippen molar-refractivity contribution in [3.05, 3.63) is 17.8 Å². The molecule has 33 heavy (non-hydrogen) atoms. The number of amides is 1. The van der Waals surface area contributed by atoms with Crippen molar-refractivity contribution >= 4 is 22.8 Å². The van der Waals surface area contributed by atoms with Crippen LogP contribution in [0, 0.1) is 0 Å². The molecular weight excluding hydrogens is 414 g/mol. The summed E-state index contributed by atoms with van der Waals surface area (Å²) in [6, 6.07) is 4.32. The second-order valence-corrected chi connectivity index (χ2v) is 10.1. The molecule has 2 aromatic rings. The van der Waals surface area contributed by atoms with Gasteiger partial charge in [-0.25, -0.2) is 9.67 Å². The number of carbonyl (C=O) groups is 1. The van der Waals surface area contributed by atoms with Gasteiger partial charge in [-0.2, -0.15) is 5.10 Å². The zero-order chi connectivity index (χ0) is 22.6. The van der Waals surface area contributed by atoms with Crippen LogP contribution in [-0.4, -0.2) is 88.9 Å². The van der Waals surface area contributed by atoms with Crippen LogP contribution in [0.3, 0.4) is 0 Å². The summed E-state index contributed by atoms with van der Waals surface area (Å²) in [4.78, 5) is 25.5. The van der Waals surface area contributed by atoms with Gasteiger partial charge in [-0.15, -0.1) is 0 Å². The Labute approximate surface area is 197 Å². The highest BCUT2D eigenvalue weighted by Gasteiger charge is 2.25. The van der Waals surface area contributed by atoms with Crippen molar-refractivity contribution in [3.8, 4) is 0 Å². The number of hydrogen-bond donors (Lipinski definition) is 1. The van der Waals surface area contributed by atoms with Crippen molar-refractivity contribution in [2.45, 2.75) is 57.4 Å². The van der Waals surface area contributed by atoms with E-state index in [1.54, 1.807) is 4.68 Å². The van der Waals surface area contributed by atoms with Crippen molar-refractivity contribution in [2.75, 3.05) is 57.3 Å². The fourth-order valence-corrected chi connectivity index (χ4v) is 5.61. The lowest BCUT2D eigenvalue weighted by Crippen LogP contribution is -2.46. The summed E-state index contributed by atoms with van der Waals surface area (Å²) in [5.74, 6) is 0.932. The van der Waals surface area contributed by atoms with Crippen molar-refractivity contribution < 1.29 is 4.79 Å². The SMILES string of the molecule is Cn1nc(C(=O)NC2CCN(CCN3CCCC3)CC2)c2ccc(N3CCCCCC3)nc21. The van der Waals surface area contributed by atoms with E-state index in [2.05, 4.69) is 31.2 Å². The molecule has 5 heterocycles. The molecule has 180 valence electrons. The Morgan fingerprint density at radius 3 is 2.24 bits per heavy atom. The number of hydrogen-bond acceptors (Lipinski definition) is 6. The minimum absolute atomic E-state index is 0.0690. The van der Waals surface area contributed by atoms with E-state index in [1.807, 2.05) is 13.1 Å². The number of rotatable bonds is 6. The number of piperidine rings is 1. The number of nitrogens with one attached hydrogen (secondary N) is 1. The lowest BCUT2D eigenvalue weighted by atomic mass is 10.0. The number of carbonyl (C=O) groups excluding carboxylic acids is 1. The van der Waals surface area contributed by atoms with Gasteiger partial charge in [-0.05, 0) is 63.7 Å². The Morgan fingerprint density at radius 2 is 1.55 bits per heavy atom. The molecule has 0 aromatic carbocycles. The minimum Gasteiger partial charge on any atom is -0.357 e. The van der Waals surface area contributed by atoms with Gasteiger partial charge in [0, 0.05) is 52.4 Å². The zero-order valence-electron chi connectivity index (χ0n) is 20.1. The van der Waals surface area contributed by atoms with Crippen LogP contribution in [0.25, 0.3) is 11.0 Å². The van der Waals surface area contributed by atoms with Crippen LogP contribution in [0.1, 0.15) is 61.9 Å². The molecule has 3 aliphatic rings. The van der Waals surface area contributed by atoms with Gasteiger partial charge < -0.3 is 20.0 Å². The molecular formula is C25H39N7O. The van der Waals surface area contributed by atoms with E-state index in [0.717, 1.165) is 62.4 Å². The fourth-order valence-electron chi connectivity index (χ4n) is 5.61. The molecule has 0 aliphatic carbocycles. The Morgan fingerprint density at radius 1 is 0.909 bits per heavy atom. The van der Waals surface area contributed by atoms with Crippen LogP contribution in [-0.2, 0) is 7.05 Å². The highest BCUT2D eigenvalue weighted by atomic mass is 16.2. The fraction of sp³-hybridized carbons (Fsp3) is 0.720. The molecule has 1 amide bonds. The van der Waals surface area contributed by atoms with Gasteiger partial charge in [-0.3, -0.25) is 4.79 Å². The molecule has 3 saturated heterocycles. The smallest absolute Gasteiger partial charge is 0.272 e. The third kappa shape index (κ3) is 5.32. The Balaban J connectivity index is 1.18. The summed E-state index contributed by atoms with van der Waals surface area (Å²) in [6.45, 7) is 9.09. The Kier molecular flexibility index (Phi) is 7.11. The molecule has 3 fully saturated rings. The first-order valence-electron chi connectivity index (χ1n) is 13.0. The Bertz CT molecular complexity index is 936. The summed E-state index contributed by atoms with van der Waals surface area (Å²) in [5, 5.41) is 8.65. The maximum Gasteiger partial charge on any atom is 0.272 e. The third-order valence-electron chi connectivity index (χ3n) is 7.67. The molecule has 8 nitrogen and oxygen atoms in total. The highest BCUT2D eigenvalue weighted by molar-refractivity contribution is 6.04. The average molecular weight is 454 g/mol. The summed E-state index contributed by atoms with van der Waals surface area (Å²) in [5.41, 5.74) is 1.29. The largest absolute Gasteiger partial charge is 0.357 e. The summed E-state index contributed by atoms with van der Waals surface area (Å²) in [6.07, 6.45) is 9.75. The van der Waals surface area contributed by atoms with Crippen molar-refractivity contribution in [2.24, 2.45) is 7.05 Å². The average Bonchev–Trinajstić information content (AvgIpc) is 3.37. The normalized spacial score (nSPS) is 21.5. The Hall–Kier alpha value is -2.19. The van der Waals surface area contributed by atoms with Gasteiger partial charge in [0.1, 0.15) is 5.82 Å². The number of anilines is 1. The maximum atomic E-state index is 13.1. The van der Waals surface area contributed by atoms with Crippen LogP contribution >= 0.6 is 0 Å². The van der Waals surface area contributed by atoms with Gasteiger partial charge in [0.15, 0.2) is 11.3 Å². The van der Waals surface area contributed by atoms with E-state index in [1.165, 1.54) is 58.2 Å². The van der Waals surface area contributed by atoms with Gasteiger partial charge in [0.2, 0.25) is 0 Å². The molecule has 0 radical (unpaired) electrons. The first-order valence-corrected chi connectivity index (χ1v) is 13.0. The molecule has 2 aromatic heterocycles. The van der Waals surface area contributed by atoms with Crippen molar-refractivity contribution in [1.29, 1.82) is 0 Å². The molecule has 0 unspecified atom stereocenters. The van der Waals surface area contributed by atoms with E-state index >= 15 is 0 Å². The van der Waals surface area contributed by atoms with Gasteiger partial charge in [-0.1, -0.05) is 12.8 Å². The molecule has 3 aliphatic heterocycles. The van der Waals surface area contributed by atoms with E-state index < -0.39 is 0 Å². The van der Waals surface area contributed by atoms with Crippen LogP contribution < -0.4 is 10.2 Å². The predicted octanol–water partition coefficient (Wildman–Crippen LogP) is 2.64. The van der Waals surface area contributed by atoms with Crippen LogP contribution in [0.5, 0.6) is 0 Å². The lowest BCUT2D eigenvalue weighted by molar-refractivity contribution is 0.0904. The second kappa shape index (κ2) is 10.4. The number of aromatic nitrogens is 3.